The molecular formula is C16H28S. The Balaban J connectivity index is 2.56. The van der Waals surface area contributed by atoms with Crippen molar-refractivity contribution >= 4 is 11.3 Å². The molecule has 0 saturated carbocycles. The lowest BCUT2D eigenvalue weighted by Crippen LogP contribution is -2.21. The van der Waals surface area contributed by atoms with Crippen LogP contribution in [-0.2, 0) is 5.41 Å². The number of rotatable bonds is 9. The van der Waals surface area contributed by atoms with Crippen LogP contribution in [0.1, 0.15) is 77.7 Å². The van der Waals surface area contributed by atoms with Gasteiger partial charge >= 0.3 is 0 Å². The first-order valence-electron chi connectivity index (χ1n) is 7.25. The van der Waals surface area contributed by atoms with E-state index in [4.69, 9.17) is 0 Å². The number of thiophene rings is 1. The van der Waals surface area contributed by atoms with Crippen LogP contribution in [0.4, 0.5) is 0 Å². The minimum atomic E-state index is 0.435. The molecule has 0 bridgehead atoms. The van der Waals surface area contributed by atoms with Crippen LogP contribution in [0.3, 0.4) is 0 Å². The van der Waals surface area contributed by atoms with Gasteiger partial charge in [-0.05, 0) is 40.6 Å². The molecule has 0 aliphatic heterocycles. The number of hydrogen-bond donors (Lipinski definition) is 0. The average Bonchev–Trinajstić information content (AvgIpc) is 2.84. The molecule has 0 spiro atoms. The zero-order valence-electron chi connectivity index (χ0n) is 11.8. The Kier molecular flexibility index (Phi) is 6.87. The molecule has 0 fully saturated rings. The summed E-state index contributed by atoms with van der Waals surface area (Å²) >= 11 is 1.84. The van der Waals surface area contributed by atoms with Gasteiger partial charge in [0.2, 0.25) is 0 Å². The van der Waals surface area contributed by atoms with Crippen LogP contribution in [0.2, 0.25) is 0 Å². The Morgan fingerprint density at radius 2 is 1.59 bits per heavy atom. The normalized spacial score (nSPS) is 11.9. The van der Waals surface area contributed by atoms with E-state index in [0.29, 0.717) is 5.41 Å². The van der Waals surface area contributed by atoms with Gasteiger partial charge in [0, 0.05) is 0 Å². The van der Waals surface area contributed by atoms with E-state index in [1.54, 1.807) is 5.56 Å². The van der Waals surface area contributed by atoms with Crippen molar-refractivity contribution in [1.29, 1.82) is 0 Å². The Labute approximate surface area is 111 Å². The Bertz CT molecular complexity index is 264. The Morgan fingerprint density at radius 1 is 1.00 bits per heavy atom. The highest BCUT2D eigenvalue weighted by atomic mass is 32.1. The minimum absolute atomic E-state index is 0.435. The fraction of sp³-hybridized carbons (Fsp3) is 0.750. The molecule has 0 atom stereocenters. The third kappa shape index (κ3) is 4.83. The van der Waals surface area contributed by atoms with Crippen molar-refractivity contribution in [2.24, 2.45) is 0 Å². The summed E-state index contributed by atoms with van der Waals surface area (Å²) in [6.07, 6.45) is 10.9. The zero-order chi connectivity index (χ0) is 12.6. The molecular weight excluding hydrogens is 224 g/mol. The monoisotopic (exact) mass is 252 g/mol. The quantitative estimate of drug-likeness (QED) is 0.461. The van der Waals surface area contributed by atoms with Crippen molar-refractivity contribution in [3.05, 3.63) is 22.4 Å². The first-order valence-corrected chi connectivity index (χ1v) is 8.20. The fourth-order valence-electron chi connectivity index (χ4n) is 2.55. The maximum Gasteiger partial charge on any atom is -0.00557 e. The molecule has 0 N–H and O–H groups in total. The number of hydrogen-bond acceptors (Lipinski definition) is 1. The van der Waals surface area contributed by atoms with Gasteiger partial charge in [-0.1, -0.05) is 59.3 Å². The van der Waals surface area contributed by atoms with Gasteiger partial charge in [-0.25, -0.2) is 0 Å². The Morgan fingerprint density at radius 3 is 2.00 bits per heavy atom. The van der Waals surface area contributed by atoms with E-state index >= 15 is 0 Å². The van der Waals surface area contributed by atoms with Gasteiger partial charge < -0.3 is 0 Å². The molecule has 1 heteroatoms. The van der Waals surface area contributed by atoms with Gasteiger partial charge in [0.1, 0.15) is 0 Å². The second-order valence-electron chi connectivity index (χ2n) is 5.49. The Hall–Kier alpha value is -0.300. The fourth-order valence-corrected chi connectivity index (χ4v) is 3.37. The van der Waals surface area contributed by atoms with Gasteiger partial charge in [-0.15, -0.1) is 0 Å². The summed E-state index contributed by atoms with van der Waals surface area (Å²) < 4.78 is 0. The smallest absolute Gasteiger partial charge is 0.00557 e. The van der Waals surface area contributed by atoms with E-state index in [1.165, 1.54) is 51.4 Å². The maximum atomic E-state index is 2.47. The van der Waals surface area contributed by atoms with Crippen molar-refractivity contribution < 1.29 is 0 Å². The molecule has 1 heterocycles. The highest BCUT2D eigenvalue weighted by Crippen LogP contribution is 2.36. The van der Waals surface area contributed by atoms with Crippen LogP contribution in [0.25, 0.3) is 0 Å². The van der Waals surface area contributed by atoms with Crippen molar-refractivity contribution in [3.63, 3.8) is 0 Å². The highest BCUT2D eigenvalue weighted by molar-refractivity contribution is 7.08. The van der Waals surface area contributed by atoms with E-state index in [0.717, 1.165) is 0 Å². The second-order valence-corrected chi connectivity index (χ2v) is 6.27. The summed E-state index contributed by atoms with van der Waals surface area (Å²) in [5.74, 6) is 0. The van der Waals surface area contributed by atoms with Crippen molar-refractivity contribution in [1.82, 2.24) is 0 Å². The van der Waals surface area contributed by atoms with E-state index in [9.17, 15) is 0 Å². The summed E-state index contributed by atoms with van der Waals surface area (Å²) in [5, 5.41) is 4.59. The van der Waals surface area contributed by atoms with Crippen LogP contribution < -0.4 is 0 Å². The minimum Gasteiger partial charge on any atom is -0.152 e. The zero-order valence-corrected chi connectivity index (χ0v) is 12.6. The molecule has 98 valence electrons. The van der Waals surface area contributed by atoms with Gasteiger partial charge in [-0.2, -0.15) is 11.3 Å². The maximum absolute atomic E-state index is 2.47. The number of unbranched alkanes of at least 4 members (excludes halogenated alkanes) is 4. The lowest BCUT2D eigenvalue weighted by molar-refractivity contribution is 0.368. The van der Waals surface area contributed by atoms with E-state index in [1.807, 2.05) is 11.3 Å². The molecule has 0 nitrogen and oxygen atoms in total. The summed E-state index contributed by atoms with van der Waals surface area (Å²) in [6.45, 7) is 7.05. The van der Waals surface area contributed by atoms with Gasteiger partial charge in [0.15, 0.2) is 0 Å². The summed E-state index contributed by atoms with van der Waals surface area (Å²) in [4.78, 5) is 0. The van der Waals surface area contributed by atoms with E-state index < -0.39 is 0 Å². The first-order chi connectivity index (χ1) is 8.23. The van der Waals surface area contributed by atoms with Gasteiger partial charge in [-0.3, -0.25) is 0 Å². The molecule has 0 aliphatic carbocycles. The molecule has 1 aromatic rings. The SMILES string of the molecule is CCCCCC(C)(CCCCC)c1ccsc1. The third-order valence-electron chi connectivity index (χ3n) is 3.88. The molecule has 0 aliphatic rings. The van der Waals surface area contributed by atoms with Crippen molar-refractivity contribution in [3.8, 4) is 0 Å². The lowest BCUT2D eigenvalue weighted by atomic mass is 9.75. The van der Waals surface area contributed by atoms with Crippen LogP contribution in [0.15, 0.2) is 16.8 Å². The van der Waals surface area contributed by atoms with Gasteiger partial charge in [0.25, 0.3) is 0 Å². The van der Waals surface area contributed by atoms with Crippen molar-refractivity contribution in [2.75, 3.05) is 0 Å². The molecule has 1 rings (SSSR count). The molecule has 0 unspecified atom stereocenters. The van der Waals surface area contributed by atoms with Crippen LogP contribution in [-0.4, -0.2) is 0 Å². The summed E-state index contributed by atoms with van der Waals surface area (Å²) in [5.41, 5.74) is 2.01. The van der Waals surface area contributed by atoms with Crippen LogP contribution in [0, 0.1) is 0 Å². The molecule has 0 saturated heterocycles. The molecule has 0 amide bonds. The average molecular weight is 252 g/mol. The van der Waals surface area contributed by atoms with Crippen LogP contribution in [0.5, 0.6) is 0 Å². The third-order valence-corrected chi connectivity index (χ3v) is 4.57. The first kappa shape index (κ1) is 14.8. The van der Waals surface area contributed by atoms with Gasteiger partial charge in [0.05, 0.1) is 0 Å². The predicted octanol–water partition coefficient (Wildman–Crippen LogP) is 6.17. The molecule has 17 heavy (non-hydrogen) atoms. The van der Waals surface area contributed by atoms with E-state index in [-0.39, 0.29) is 0 Å². The standard InChI is InChI=1S/C16H28S/c1-4-6-8-11-16(3,12-9-7-5-2)15-10-13-17-14-15/h10,13-14H,4-9,11-12H2,1-3H3. The van der Waals surface area contributed by atoms with E-state index in [2.05, 4.69) is 37.6 Å². The van der Waals surface area contributed by atoms with Crippen LogP contribution >= 0.6 is 11.3 Å². The molecule has 0 aromatic carbocycles. The highest BCUT2D eigenvalue weighted by Gasteiger charge is 2.25. The summed E-state index contributed by atoms with van der Waals surface area (Å²) in [7, 11) is 0. The molecule has 0 radical (unpaired) electrons. The second kappa shape index (κ2) is 7.92. The largest absolute Gasteiger partial charge is 0.152 e. The lowest BCUT2D eigenvalue weighted by Gasteiger charge is -2.29. The molecule has 1 aromatic heterocycles. The van der Waals surface area contributed by atoms with Crippen molar-refractivity contribution in [2.45, 2.75) is 77.6 Å². The topological polar surface area (TPSA) is 0 Å². The predicted molar refractivity (Wildman–Crippen MR) is 80.0 cm³/mol. The summed E-state index contributed by atoms with van der Waals surface area (Å²) in [6, 6.07) is 2.34.